The van der Waals surface area contributed by atoms with Gasteiger partial charge in [0.05, 0.1) is 13.2 Å². The number of hydrogen-bond donors (Lipinski definition) is 1. The minimum Gasteiger partial charge on any atom is -0.490 e. The molecule has 4 heteroatoms. The van der Waals surface area contributed by atoms with Crippen LogP contribution in [0.5, 0.6) is 11.5 Å². The van der Waals surface area contributed by atoms with Crippen molar-refractivity contribution in [3.05, 3.63) is 22.2 Å². The molecule has 1 rings (SSSR count). The number of rotatable bonds is 8. The quantitative estimate of drug-likeness (QED) is 0.769. The zero-order valence-electron chi connectivity index (χ0n) is 13.2. The highest BCUT2D eigenvalue weighted by atomic mass is 79.9. The summed E-state index contributed by atoms with van der Waals surface area (Å²) in [5, 5.41) is 3.21. The van der Waals surface area contributed by atoms with Crippen LogP contribution in [0.1, 0.15) is 39.7 Å². The van der Waals surface area contributed by atoms with Crippen molar-refractivity contribution in [2.75, 3.05) is 26.8 Å². The third-order valence-electron chi connectivity index (χ3n) is 3.36. The average molecular weight is 344 g/mol. The molecule has 0 amide bonds. The SMILES string of the molecule is CCOc1cc(Br)c(C(C)(C)CCNC)cc1OCC. The summed E-state index contributed by atoms with van der Waals surface area (Å²) in [6, 6.07) is 4.12. The third kappa shape index (κ3) is 4.38. The van der Waals surface area contributed by atoms with Crippen LogP contribution < -0.4 is 14.8 Å². The highest BCUT2D eigenvalue weighted by Gasteiger charge is 2.25. The predicted molar refractivity (Wildman–Crippen MR) is 88.0 cm³/mol. The van der Waals surface area contributed by atoms with E-state index in [4.69, 9.17) is 9.47 Å². The van der Waals surface area contributed by atoms with Crippen LogP contribution in [0, 0.1) is 0 Å². The van der Waals surface area contributed by atoms with Gasteiger partial charge in [-0.3, -0.25) is 0 Å². The molecule has 0 atom stereocenters. The predicted octanol–water partition coefficient (Wildman–Crippen LogP) is 4.13. The Morgan fingerprint density at radius 1 is 1.10 bits per heavy atom. The van der Waals surface area contributed by atoms with Gasteiger partial charge >= 0.3 is 0 Å². The van der Waals surface area contributed by atoms with Crippen molar-refractivity contribution in [1.29, 1.82) is 0 Å². The lowest BCUT2D eigenvalue weighted by Gasteiger charge is -2.27. The molecule has 0 aliphatic rings. The van der Waals surface area contributed by atoms with Gasteiger partial charge in [-0.1, -0.05) is 29.8 Å². The van der Waals surface area contributed by atoms with E-state index in [1.807, 2.05) is 27.0 Å². The summed E-state index contributed by atoms with van der Waals surface area (Å²) in [7, 11) is 1.98. The van der Waals surface area contributed by atoms with Crippen molar-refractivity contribution in [2.45, 2.75) is 39.5 Å². The van der Waals surface area contributed by atoms with Gasteiger partial charge < -0.3 is 14.8 Å². The Morgan fingerprint density at radius 2 is 1.65 bits per heavy atom. The molecule has 20 heavy (non-hydrogen) atoms. The van der Waals surface area contributed by atoms with Gasteiger partial charge in [-0.25, -0.2) is 0 Å². The summed E-state index contributed by atoms with van der Waals surface area (Å²) in [6.45, 7) is 10.7. The average Bonchev–Trinajstić information content (AvgIpc) is 2.39. The van der Waals surface area contributed by atoms with E-state index in [9.17, 15) is 0 Å². The van der Waals surface area contributed by atoms with E-state index in [1.165, 1.54) is 5.56 Å². The summed E-state index contributed by atoms with van der Waals surface area (Å²) < 4.78 is 12.4. The molecule has 0 fully saturated rings. The molecular weight excluding hydrogens is 318 g/mol. The van der Waals surface area contributed by atoms with Gasteiger partial charge in [0.15, 0.2) is 11.5 Å². The van der Waals surface area contributed by atoms with Crippen molar-refractivity contribution in [3.8, 4) is 11.5 Å². The Hall–Kier alpha value is -0.740. The van der Waals surface area contributed by atoms with Crippen LogP contribution in [0.25, 0.3) is 0 Å². The Bertz CT molecular complexity index is 433. The lowest BCUT2D eigenvalue weighted by molar-refractivity contribution is 0.286. The number of ether oxygens (including phenoxy) is 2. The van der Waals surface area contributed by atoms with Gasteiger partial charge in [-0.05, 0) is 57.0 Å². The van der Waals surface area contributed by atoms with Crippen LogP contribution in [0.2, 0.25) is 0 Å². The molecule has 0 radical (unpaired) electrons. The molecule has 0 saturated heterocycles. The molecule has 0 saturated carbocycles. The smallest absolute Gasteiger partial charge is 0.162 e. The van der Waals surface area contributed by atoms with Gasteiger partial charge in [0, 0.05) is 4.47 Å². The van der Waals surface area contributed by atoms with Crippen molar-refractivity contribution in [2.24, 2.45) is 0 Å². The molecule has 1 aromatic carbocycles. The molecular formula is C16H26BrNO2. The highest BCUT2D eigenvalue weighted by molar-refractivity contribution is 9.10. The number of hydrogen-bond acceptors (Lipinski definition) is 3. The lowest BCUT2D eigenvalue weighted by Crippen LogP contribution is -2.24. The van der Waals surface area contributed by atoms with Gasteiger partial charge in [-0.2, -0.15) is 0 Å². The Labute approximate surface area is 131 Å². The molecule has 3 nitrogen and oxygen atoms in total. The van der Waals surface area contributed by atoms with Crippen LogP contribution in [-0.2, 0) is 5.41 Å². The molecule has 114 valence electrons. The van der Waals surface area contributed by atoms with Crippen LogP contribution in [0.15, 0.2) is 16.6 Å². The standard InChI is InChI=1S/C16H26BrNO2/c1-6-19-14-10-12(16(3,4)8-9-18-5)13(17)11-15(14)20-7-2/h10-11,18H,6-9H2,1-5H3. The van der Waals surface area contributed by atoms with Gasteiger partial charge in [0.25, 0.3) is 0 Å². The van der Waals surface area contributed by atoms with E-state index in [0.717, 1.165) is 28.9 Å². The Morgan fingerprint density at radius 3 is 2.15 bits per heavy atom. The minimum atomic E-state index is 0.0679. The minimum absolute atomic E-state index is 0.0679. The normalized spacial score (nSPS) is 11.5. The zero-order chi connectivity index (χ0) is 15.2. The second kappa shape index (κ2) is 7.89. The molecule has 0 spiro atoms. The summed E-state index contributed by atoms with van der Waals surface area (Å²) >= 11 is 3.67. The lowest BCUT2D eigenvalue weighted by atomic mass is 9.81. The number of nitrogens with one attached hydrogen (secondary N) is 1. The molecule has 1 N–H and O–H groups in total. The maximum absolute atomic E-state index is 5.72. The number of halogens is 1. The van der Waals surface area contributed by atoms with Crippen LogP contribution in [-0.4, -0.2) is 26.8 Å². The first-order valence-electron chi connectivity index (χ1n) is 7.20. The molecule has 0 aliphatic carbocycles. The maximum Gasteiger partial charge on any atom is 0.162 e. The van der Waals surface area contributed by atoms with E-state index >= 15 is 0 Å². The summed E-state index contributed by atoms with van der Waals surface area (Å²) in [6.07, 6.45) is 1.06. The first kappa shape index (κ1) is 17.3. The monoisotopic (exact) mass is 343 g/mol. The van der Waals surface area contributed by atoms with E-state index in [1.54, 1.807) is 0 Å². The molecule has 0 bridgehead atoms. The van der Waals surface area contributed by atoms with E-state index < -0.39 is 0 Å². The Balaban J connectivity index is 3.16. The third-order valence-corrected chi connectivity index (χ3v) is 4.02. The second-order valence-electron chi connectivity index (χ2n) is 5.38. The van der Waals surface area contributed by atoms with E-state index in [2.05, 4.69) is 41.2 Å². The summed E-state index contributed by atoms with van der Waals surface area (Å²) in [5.41, 5.74) is 1.32. The molecule has 0 aromatic heterocycles. The van der Waals surface area contributed by atoms with Crippen molar-refractivity contribution < 1.29 is 9.47 Å². The fraction of sp³-hybridized carbons (Fsp3) is 0.625. The van der Waals surface area contributed by atoms with Crippen molar-refractivity contribution in [3.63, 3.8) is 0 Å². The van der Waals surface area contributed by atoms with E-state index in [-0.39, 0.29) is 5.41 Å². The highest BCUT2D eigenvalue weighted by Crippen LogP contribution is 2.40. The second-order valence-corrected chi connectivity index (χ2v) is 6.24. The topological polar surface area (TPSA) is 30.5 Å². The summed E-state index contributed by atoms with van der Waals surface area (Å²) in [4.78, 5) is 0. The van der Waals surface area contributed by atoms with Gasteiger partial charge in [0.1, 0.15) is 0 Å². The van der Waals surface area contributed by atoms with Gasteiger partial charge in [-0.15, -0.1) is 0 Å². The van der Waals surface area contributed by atoms with Crippen LogP contribution >= 0.6 is 15.9 Å². The summed E-state index contributed by atoms with van der Waals surface area (Å²) in [5.74, 6) is 1.62. The zero-order valence-corrected chi connectivity index (χ0v) is 14.8. The fourth-order valence-corrected chi connectivity index (χ4v) is 3.02. The van der Waals surface area contributed by atoms with Crippen molar-refractivity contribution >= 4 is 15.9 Å². The number of benzene rings is 1. The van der Waals surface area contributed by atoms with Crippen molar-refractivity contribution in [1.82, 2.24) is 5.32 Å². The first-order chi connectivity index (χ1) is 9.46. The fourth-order valence-electron chi connectivity index (χ4n) is 2.16. The largest absolute Gasteiger partial charge is 0.490 e. The molecule has 0 aliphatic heterocycles. The van der Waals surface area contributed by atoms with Crippen LogP contribution in [0.4, 0.5) is 0 Å². The first-order valence-corrected chi connectivity index (χ1v) is 7.99. The van der Waals surface area contributed by atoms with Crippen LogP contribution in [0.3, 0.4) is 0 Å². The molecule has 1 aromatic rings. The molecule has 0 heterocycles. The molecule has 0 unspecified atom stereocenters. The maximum atomic E-state index is 5.72. The van der Waals surface area contributed by atoms with Gasteiger partial charge in [0.2, 0.25) is 0 Å². The Kier molecular flexibility index (Phi) is 6.83. The van der Waals surface area contributed by atoms with E-state index in [0.29, 0.717) is 13.2 Å².